The van der Waals surface area contributed by atoms with Gasteiger partial charge in [-0.3, -0.25) is 9.69 Å². The average molecular weight is 242 g/mol. The molecule has 0 aromatic heterocycles. The summed E-state index contributed by atoms with van der Waals surface area (Å²) in [5.41, 5.74) is 5.84. The van der Waals surface area contributed by atoms with Crippen molar-refractivity contribution in [3.05, 3.63) is 0 Å². The maximum absolute atomic E-state index is 11.9. The number of nitrogens with two attached hydrogens (primary N) is 1. The standard InChI is InChI=1S/C12H26N4O/c1-14-6-3-7-15(2)12(17)10-16-8-4-11(13)5-9-16/h11,14H,3-10,13H2,1-2H3. The molecule has 17 heavy (non-hydrogen) atoms. The fraction of sp³-hybridized carbons (Fsp3) is 0.917. The molecule has 1 rings (SSSR count). The van der Waals surface area contributed by atoms with Crippen LogP contribution in [0.15, 0.2) is 0 Å². The van der Waals surface area contributed by atoms with Crippen molar-refractivity contribution in [3.8, 4) is 0 Å². The van der Waals surface area contributed by atoms with E-state index in [1.54, 1.807) is 0 Å². The first kappa shape index (κ1) is 14.4. The van der Waals surface area contributed by atoms with Crippen LogP contribution in [0.3, 0.4) is 0 Å². The molecule has 0 radical (unpaired) electrons. The minimum atomic E-state index is 0.219. The van der Waals surface area contributed by atoms with Crippen molar-refractivity contribution in [1.29, 1.82) is 0 Å². The third-order valence-corrected chi connectivity index (χ3v) is 3.34. The molecular formula is C12H26N4O. The Bertz CT molecular complexity index is 227. The maximum Gasteiger partial charge on any atom is 0.236 e. The van der Waals surface area contributed by atoms with E-state index in [-0.39, 0.29) is 5.91 Å². The van der Waals surface area contributed by atoms with Crippen LogP contribution in [0.2, 0.25) is 0 Å². The van der Waals surface area contributed by atoms with Crippen LogP contribution in [0.1, 0.15) is 19.3 Å². The number of nitrogens with one attached hydrogen (secondary N) is 1. The summed E-state index contributed by atoms with van der Waals surface area (Å²) in [5, 5.41) is 3.09. The predicted octanol–water partition coefficient (Wildman–Crippen LogP) is -0.523. The van der Waals surface area contributed by atoms with Gasteiger partial charge in [-0.2, -0.15) is 0 Å². The van der Waals surface area contributed by atoms with E-state index in [0.717, 1.165) is 45.4 Å². The van der Waals surface area contributed by atoms with Gasteiger partial charge in [-0.25, -0.2) is 0 Å². The van der Waals surface area contributed by atoms with Gasteiger partial charge in [0.2, 0.25) is 5.91 Å². The van der Waals surface area contributed by atoms with Crippen molar-refractivity contribution in [2.75, 3.05) is 46.8 Å². The average Bonchev–Trinajstić information content (AvgIpc) is 2.32. The summed E-state index contributed by atoms with van der Waals surface area (Å²) in [6.45, 7) is 4.24. The van der Waals surface area contributed by atoms with Crippen LogP contribution in [0, 0.1) is 0 Å². The summed E-state index contributed by atoms with van der Waals surface area (Å²) < 4.78 is 0. The van der Waals surface area contributed by atoms with Gasteiger partial charge in [-0.1, -0.05) is 0 Å². The molecule has 1 saturated heterocycles. The highest BCUT2D eigenvalue weighted by Gasteiger charge is 2.19. The second-order valence-electron chi connectivity index (χ2n) is 4.89. The van der Waals surface area contributed by atoms with Gasteiger partial charge in [-0.15, -0.1) is 0 Å². The lowest BCUT2D eigenvalue weighted by Crippen LogP contribution is -2.45. The summed E-state index contributed by atoms with van der Waals surface area (Å²) >= 11 is 0. The zero-order valence-corrected chi connectivity index (χ0v) is 11.1. The highest BCUT2D eigenvalue weighted by atomic mass is 16.2. The predicted molar refractivity (Wildman–Crippen MR) is 69.8 cm³/mol. The normalized spacial score (nSPS) is 18.3. The molecule has 1 heterocycles. The number of carbonyl (C=O) groups excluding carboxylic acids is 1. The third-order valence-electron chi connectivity index (χ3n) is 3.34. The fourth-order valence-electron chi connectivity index (χ4n) is 2.04. The minimum absolute atomic E-state index is 0.219. The van der Waals surface area contributed by atoms with E-state index >= 15 is 0 Å². The molecule has 0 bridgehead atoms. The molecule has 3 N–H and O–H groups in total. The molecule has 1 fully saturated rings. The number of likely N-dealkylation sites (N-methyl/N-ethyl adjacent to an activating group) is 1. The van der Waals surface area contributed by atoms with Crippen LogP contribution in [0.5, 0.6) is 0 Å². The minimum Gasteiger partial charge on any atom is -0.345 e. The van der Waals surface area contributed by atoms with E-state index in [4.69, 9.17) is 5.73 Å². The first-order chi connectivity index (χ1) is 8.13. The van der Waals surface area contributed by atoms with Crippen LogP contribution in [0.25, 0.3) is 0 Å². The number of piperidine rings is 1. The van der Waals surface area contributed by atoms with Crippen molar-refractivity contribution in [2.45, 2.75) is 25.3 Å². The van der Waals surface area contributed by atoms with E-state index < -0.39 is 0 Å². The largest absolute Gasteiger partial charge is 0.345 e. The molecule has 0 atom stereocenters. The fourth-order valence-corrected chi connectivity index (χ4v) is 2.04. The van der Waals surface area contributed by atoms with E-state index in [0.29, 0.717) is 12.6 Å². The van der Waals surface area contributed by atoms with Gasteiger partial charge >= 0.3 is 0 Å². The van der Waals surface area contributed by atoms with E-state index in [1.165, 1.54) is 0 Å². The summed E-state index contributed by atoms with van der Waals surface area (Å²) in [6.07, 6.45) is 3.02. The molecular weight excluding hydrogens is 216 g/mol. The van der Waals surface area contributed by atoms with Crippen LogP contribution >= 0.6 is 0 Å². The first-order valence-electron chi connectivity index (χ1n) is 6.50. The van der Waals surface area contributed by atoms with Gasteiger partial charge in [-0.05, 0) is 32.9 Å². The van der Waals surface area contributed by atoms with Crippen molar-refractivity contribution >= 4 is 5.91 Å². The quantitative estimate of drug-likeness (QED) is 0.615. The number of hydrogen-bond acceptors (Lipinski definition) is 4. The zero-order valence-electron chi connectivity index (χ0n) is 11.1. The van der Waals surface area contributed by atoms with Gasteiger partial charge in [0, 0.05) is 32.7 Å². The molecule has 0 aliphatic carbocycles. The Morgan fingerprint density at radius 1 is 1.47 bits per heavy atom. The lowest BCUT2D eigenvalue weighted by Gasteiger charge is -2.30. The Balaban J connectivity index is 2.19. The number of hydrogen-bond donors (Lipinski definition) is 2. The van der Waals surface area contributed by atoms with E-state index in [9.17, 15) is 4.79 Å². The number of rotatable bonds is 6. The second-order valence-corrected chi connectivity index (χ2v) is 4.89. The van der Waals surface area contributed by atoms with Crippen LogP contribution in [0.4, 0.5) is 0 Å². The van der Waals surface area contributed by atoms with Gasteiger partial charge < -0.3 is 16.0 Å². The summed E-state index contributed by atoms with van der Waals surface area (Å²) in [7, 11) is 3.81. The highest BCUT2D eigenvalue weighted by molar-refractivity contribution is 5.77. The first-order valence-corrected chi connectivity index (χ1v) is 6.50. The Labute approximate surface area is 104 Å². The van der Waals surface area contributed by atoms with E-state index in [2.05, 4.69) is 10.2 Å². The maximum atomic E-state index is 11.9. The molecule has 0 saturated carbocycles. The molecule has 100 valence electrons. The lowest BCUT2D eigenvalue weighted by atomic mass is 10.1. The Hall–Kier alpha value is -0.650. The molecule has 1 aliphatic rings. The molecule has 1 aliphatic heterocycles. The van der Waals surface area contributed by atoms with Crippen LogP contribution < -0.4 is 11.1 Å². The van der Waals surface area contributed by atoms with Gasteiger partial charge in [0.15, 0.2) is 0 Å². The Morgan fingerprint density at radius 3 is 2.71 bits per heavy atom. The van der Waals surface area contributed by atoms with Gasteiger partial charge in [0.25, 0.3) is 0 Å². The summed E-state index contributed by atoms with van der Waals surface area (Å²) in [6, 6.07) is 0.328. The third kappa shape index (κ3) is 5.48. The lowest BCUT2D eigenvalue weighted by molar-refractivity contribution is -0.131. The number of amides is 1. The Morgan fingerprint density at radius 2 is 2.12 bits per heavy atom. The number of nitrogens with zero attached hydrogens (tertiary/aromatic N) is 2. The van der Waals surface area contributed by atoms with Gasteiger partial charge in [0.1, 0.15) is 0 Å². The second kappa shape index (κ2) is 7.63. The van der Waals surface area contributed by atoms with Crippen molar-refractivity contribution in [2.24, 2.45) is 5.73 Å². The van der Waals surface area contributed by atoms with Crippen LogP contribution in [-0.4, -0.2) is 68.6 Å². The smallest absolute Gasteiger partial charge is 0.236 e. The SMILES string of the molecule is CNCCCN(C)C(=O)CN1CCC(N)CC1. The number of carbonyl (C=O) groups is 1. The molecule has 1 amide bonds. The monoisotopic (exact) mass is 242 g/mol. The van der Waals surface area contributed by atoms with E-state index in [1.807, 2.05) is 19.0 Å². The molecule has 5 heteroatoms. The Kier molecular flexibility index (Phi) is 6.47. The van der Waals surface area contributed by atoms with Gasteiger partial charge in [0.05, 0.1) is 6.54 Å². The highest BCUT2D eigenvalue weighted by Crippen LogP contribution is 2.07. The topological polar surface area (TPSA) is 61.6 Å². The molecule has 5 nitrogen and oxygen atoms in total. The summed E-state index contributed by atoms with van der Waals surface area (Å²) in [5.74, 6) is 0.219. The number of likely N-dealkylation sites (tertiary alicyclic amines) is 1. The zero-order chi connectivity index (χ0) is 12.7. The molecule has 0 aromatic rings. The molecule has 0 spiro atoms. The molecule has 0 unspecified atom stereocenters. The van der Waals surface area contributed by atoms with Crippen LogP contribution in [-0.2, 0) is 4.79 Å². The van der Waals surface area contributed by atoms with Crippen molar-refractivity contribution < 1.29 is 4.79 Å². The summed E-state index contributed by atoms with van der Waals surface area (Å²) in [4.78, 5) is 16.0. The van der Waals surface area contributed by atoms with Crippen molar-refractivity contribution in [3.63, 3.8) is 0 Å². The van der Waals surface area contributed by atoms with Crippen molar-refractivity contribution in [1.82, 2.24) is 15.1 Å². The molecule has 0 aromatic carbocycles.